The maximum absolute atomic E-state index is 13.0. The number of aliphatic hydroxyl groups excluding tert-OH is 1. The van der Waals surface area contributed by atoms with Gasteiger partial charge in [-0.2, -0.15) is 17.5 Å². The molecule has 0 bridgehead atoms. The van der Waals surface area contributed by atoms with Crippen LogP contribution in [0.15, 0.2) is 51.8 Å². The first-order valence-corrected chi connectivity index (χ1v) is 12.3. The molecule has 12 heteroatoms. The molecule has 0 unspecified atom stereocenters. The Balaban J connectivity index is 1.57. The molecule has 176 valence electrons. The predicted molar refractivity (Wildman–Crippen MR) is 116 cm³/mol. The number of hydrogen-bond acceptors (Lipinski definition) is 4. The number of sulfonamides is 1. The third kappa shape index (κ3) is 6.36. The maximum atomic E-state index is 13.0. The Kier molecular flexibility index (Phi) is 8.11. The molecular weight excluding hydrogens is 537 g/mol. The predicted octanol–water partition coefficient (Wildman–Crippen LogP) is 2.45. The Morgan fingerprint density at radius 1 is 1.19 bits per heavy atom. The first kappa shape index (κ1) is 25.3. The quantitative estimate of drug-likeness (QED) is 0.548. The number of piperazine rings is 1. The number of ether oxygens (including phenoxy) is 1. The van der Waals surface area contributed by atoms with Gasteiger partial charge < -0.3 is 14.7 Å². The van der Waals surface area contributed by atoms with Crippen molar-refractivity contribution in [3.8, 4) is 5.75 Å². The molecule has 3 rings (SSSR count). The van der Waals surface area contributed by atoms with Gasteiger partial charge in [-0.3, -0.25) is 0 Å². The molecule has 2 N–H and O–H groups in total. The number of hydrogen-bond donors (Lipinski definition) is 2. The first-order chi connectivity index (χ1) is 15.0. The monoisotopic (exact) mass is 557 g/mol. The molecule has 0 aliphatic carbocycles. The summed E-state index contributed by atoms with van der Waals surface area (Å²) in [6, 6.07) is 9.48. The van der Waals surface area contributed by atoms with Crippen LogP contribution in [-0.4, -0.2) is 63.3 Å². The molecule has 2 aromatic carbocycles. The lowest BCUT2D eigenvalue weighted by Crippen LogP contribution is -3.15. The van der Waals surface area contributed by atoms with E-state index in [1.807, 2.05) is 12.1 Å². The summed E-state index contributed by atoms with van der Waals surface area (Å²) in [5, 5.41) is 10.0. The van der Waals surface area contributed by atoms with Crippen molar-refractivity contribution in [3.05, 3.63) is 57.5 Å². The second-order valence-electron chi connectivity index (χ2n) is 7.42. The van der Waals surface area contributed by atoms with Crippen molar-refractivity contribution in [1.82, 2.24) is 4.31 Å². The highest BCUT2D eigenvalue weighted by Gasteiger charge is 2.36. The molecule has 32 heavy (non-hydrogen) atoms. The van der Waals surface area contributed by atoms with Gasteiger partial charge in [-0.15, -0.1) is 0 Å². The van der Waals surface area contributed by atoms with Gasteiger partial charge in [0.2, 0.25) is 10.0 Å². The average Bonchev–Trinajstić information content (AvgIpc) is 2.72. The summed E-state index contributed by atoms with van der Waals surface area (Å²) in [6.07, 6.45) is -5.43. The summed E-state index contributed by atoms with van der Waals surface area (Å²) < 4.78 is 72.3. The van der Waals surface area contributed by atoms with E-state index < -0.39 is 32.8 Å². The highest BCUT2D eigenvalue weighted by Crippen LogP contribution is 2.34. The van der Waals surface area contributed by atoms with Crippen LogP contribution >= 0.6 is 27.5 Å². The molecule has 1 atom stereocenters. The van der Waals surface area contributed by atoms with E-state index in [9.17, 15) is 26.7 Å². The number of halogens is 5. The van der Waals surface area contributed by atoms with Crippen LogP contribution in [0.3, 0.4) is 0 Å². The molecule has 0 radical (unpaired) electrons. The second-order valence-corrected chi connectivity index (χ2v) is 10.7. The van der Waals surface area contributed by atoms with Crippen LogP contribution in [0.5, 0.6) is 5.75 Å². The minimum absolute atomic E-state index is 0.0851. The maximum Gasteiger partial charge on any atom is 0.416 e. The van der Waals surface area contributed by atoms with Gasteiger partial charge in [0.05, 0.1) is 36.8 Å². The summed E-state index contributed by atoms with van der Waals surface area (Å²) in [6.45, 7) is 1.43. The van der Waals surface area contributed by atoms with Gasteiger partial charge in [-0.1, -0.05) is 33.6 Å². The zero-order chi connectivity index (χ0) is 23.5. The van der Waals surface area contributed by atoms with Crippen LogP contribution in [0.2, 0.25) is 5.02 Å². The molecule has 1 heterocycles. The Morgan fingerprint density at radius 2 is 1.88 bits per heavy atom. The topological polar surface area (TPSA) is 71.3 Å². The van der Waals surface area contributed by atoms with Crippen molar-refractivity contribution in [3.63, 3.8) is 0 Å². The van der Waals surface area contributed by atoms with E-state index in [0.29, 0.717) is 31.5 Å². The average molecular weight is 559 g/mol. The molecule has 1 fully saturated rings. The van der Waals surface area contributed by atoms with Crippen LogP contribution < -0.4 is 9.64 Å². The van der Waals surface area contributed by atoms with Gasteiger partial charge in [0.15, 0.2) is 0 Å². The van der Waals surface area contributed by atoms with Crippen LogP contribution in [-0.2, 0) is 16.2 Å². The van der Waals surface area contributed by atoms with Crippen LogP contribution in [0.4, 0.5) is 13.2 Å². The zero-order valence-corrected chi connectivity index (χ0v) is 19.9. The lowest BCUT2D eigenvalue weighted by atomic mass is 10.2. The largest absolute Gasteiger partial charge is 0.491 e. The van der Waals surface area contributed by atoms with E-state index in [-0.39, 0.29) is 24.7 Å². The number of rotatable bonds is 7. The molecule has 6 nitrogen and oxygen atoms in total. The summed E-state index contributed by atoms with van der Waals surface area (Å²) in [5.41, 5.74) is -1.07. The molecule has 0 spiro atoms. The van der Waals surface area contributed by atoms with Crippen molar-refractivity contribution in [2.75, 3.05) is 39.3 Å². The van der Waals surface area contributed by atoms with Crippen LogP contribution in [0.25, 0.3) is 0 Å². The van der Waals surface area contributed by atoms with E-state index in [2.05, 4.69) is 15.9 Å². The fourth-order valence-electron chi connectivity index (χ4n) is 3.40. The Hall–Kier alpha value is -1.37. The lowest BCUT2D eigenvalue weighted by molar-refractivity contribution is -0.906. The molecule has 0 amide bonds. The van der Waals surface area contributed by atoms with Gasteiger partial charge >= 0.3 is 6.18 Å². The Bertz CT molecular complexity index is 1050. The fraction of sp³-hybridized carbons (Fsp3) is 0.400. The number of benzene rings is 2. The number of nitrogens with zero attached hydrogens (tertiary/aromatic N) is 1. The minimum atomic E-state index is -4.67. The molecule has 1 aliphatic heterocycles. The number of alkyl halides is 3. The SMILES string of the molecule is O=S(=O)(c1cc(C(F)(F)F)ccc1Cl)N1CC[NH+](C[C@@H](O)COc2cccc(Br)c2)CC1. The van der Waals surface area contributed by atoms with E-state index in [1.54, 1.807) is 12.1 Å². The number of nitrogens with one attached hydrogen (secondary N) is 1. The highest BCUT2D eigenvalue weighted by atomic mass is 79.9. The first-order valence-electron chi connectivity index (χ1n) is 9.73. The smallest absolute Gasteiger partial charge is 0.416 e. The van der Waals surface area contributed by atoms with Gasteiger partial charge in [-0.25, -0.2) is 8.42 Å². The molecule has 0 aromatic heterocycles. The summed E-state index contributed by atoms with van der Waals surface area (Å²) in [4.78, 5) is 0.414. The van der Waals surface area contributed by atoms with Gasteiger partial charge in [0.25, 0.3) is 0 Å². The lowest BCUT2D eigenvalue weighted by Gasteiger charge is -2.32. The van der Waals surface area contributed by atoms with Crippen molar-refractivity contribution in [2.45, 2.75) is 17.2 Å². The third-order valence-corrected chi connectivity index (χ3v) is 7.94. The van der Waals surface area contributed by atoms with Crippen LogP contribution in [0.1, 0.15) is 5.56 Å². The van der Waals surface area contributed by atoms with Gasteiger partial charge in [0, 0.05) is 4.47 Å². The third-order valence-electron chi connectivity index (χ3n) is 5.07. The normalized spacial score (nSPS) is 17.3. The summed E-state index contributed by atoms with van der Waals surface area (Å²) in [7, 11) is -4.18. The van der Waals surface area contributed by atoms with Gasteiger partial charge in [0.1, 0.15) is 29.9 Å². The Labute approximate surface area is 197 Å². The zero-order valence-electron chi connectivity index (χ0n) is 16.8. The fourth-order valence-corrected chi connectivity index (χ4v) is 5.72. The minimum Gasteiger partial charge on any atom is -0.491 e. The standard InChI is InChI=1S/C20H21BrClF3N2O4S/c21-15-2-1-3-17(11-15)31-13-16(28)12-26-6-8-27(9-7-26)32(29,30)19-10-14(20(23,24)25)4-5-18(19)22/h1-5,10-11,16,28H,6-9,12-13H2/p+1/t16-/m1/s1. The molecular formula is C20H22BrClF3N2O4S+. The van der Waals surface area contributed by atoms with Crippen molar-refractivity contribution < 1.29 is 36.3 Å². The van der Waals surface area contributed by atoms with Crippen molar-refractivity contribution in [2.24, 2.45) is 0 Å². The summed E-state index contributed by atoms with van der Waals surface area (Å²) >= 11 is 9.26. The van der Waals surface area contributed by atoms with Gasteiger partial charge in [-0.05, 0) is 36.4 Å². The van der Waals surface area contributed by atoms with E-state index in [1.165, 1.54) is 0 Å². The van der Waals surface area contributed by atoms with Crippen molar-refractivity contribution >= 4 is 37.6 Å². The molecule has 1 aliphatic rings. The van der Waals surface area contributed by atoms with Crippen LogP contribution in [0, 0.1) is 0 Å². The number of quaternary nitrogens is 1. The van der Waals surface area contributed by atoms with E-state index >= 15 is 0 Å². The second kappa shape index (κ2) is 10.3. The highest BCUT2D eigenvalue weighted by molar-refractivity contribution is 9.10. The van der Waals surface area contributed by atoms with E-state index in [4.69, 9.17) is 16.3 Å². The molecule has 1 saturated heterocycles. The summed E-state index contributed by atoms with van der Waals surface area (Å²) in [5.74, 6) is 0.613. The molecule has 2 aromatic rings. The number of aliphatic hydroxyl groups is 1. The van der Waals surface area contributed by atoms with E-state index in [0.717, 1.165) is 25.8 Å². The Morgan fingerprint density at radius 3 is 2.50 bits per heavy atom. The molecule has 0 saturated carbocycles. The van der Waals surface area contributed by atoms with Crippen molar-refractivity contribution in [1.29, 1.82) is 0 Å².